The first-order valence-corrected chi connectivity index (χ1v) is 8.65. The molecule has 27 heavy (non-hydrogen) atoms. The van der Waals surface area contributed by atoms with Gasteiger partial charge in [-0.25, -0.2) is 4.79 Å². The monoisotopic (exact) mass is 388 g/mol. The molecule has 1 fully saturated rings. The highest BCUT2D eigenvalue weighted by molar-refractivity contribution is 6.31. The number of ether oxygens (including phenoxy) is 1. The van der Waals surface area contributed by atoms with E-state index in [4.69, 9.17) is 16.3 Å². The van der Waals surface area contributed by atoms with E-state index in [1.54, 1.807) is 24.3 Å². The lowest BCUT2D eigenvalue weighted by Crippen LogP contribution is -2.21. The number of aromatic carboxylic acids is 1. The summed E-state index contributed by atoms with van der Waals surface area (Å²) >= 11 is 5.81. The normalized spacial score (nSPS) is 16.9. The molecule has 0 aromatic heterocycles. The van der Waals surface area contributed by atoms with Gasteiger partial charge in [-0.2, -0.15) is 0 Å². The SMILES string of the molecule is O=C(Nc1ccc(Cl)cc1C(=O)O)c1ccc(C(=NO)C2CCCO2)cc1. The van der Waals surface area contributed by atoms with Gasteiger partial charge in [-0.1, -0.05) is 28.9 Å². The second kappa shape index (κ2) is 8.20. The minimum absolute atomic E-state index is 0.0967. The van der Waals surface area contributed by atoms with Crippen molar-refractivity contribution in [3.05, 3.63) is 64.2 Å². The van der Waals surface area contributed by atoms with Crippen molar-refractivity contribution >= 4 is 34.9 Å². The van der Waals surface area contributed by atoms with E-state index in [9.17, 15) is 19.9 Å². The predicted octanol–water partition coefficient (Wildman–Crippen LogP) is 3.65. The molecule has 1 heterocycles. The van der Waals surface area contributed by atoms with E-state index >= 15 is 0 Å². The molecule has 2 aromatic carbocycles. The average Bonchev–Trinajstić information content (AvgIpc) is 3.18. The minimum Gasteiger partial charge on any atom is -0.478 e. The van der Waals surface area contributed by atoms with E-state index in [1.165, 1.54) is 18.2 Å². The molecule has 1 atom stereocenters. The zero-order valence-corrected chi connectivity index (χ0v) is 14.9. The number of carboxylic acids is 1. The molecule has 8 heteroatoms. The van der Waals surface area contributed by atoms with Gasteiger partial charge >= 0.3 is 5.97 Å². The molecule has 2 aromatic rings. The van der Waals surface area contributed by atoms with Crippen LogP contribution in [0.15, 0.2) is 47.6 Å². The van der Waals surface area contributed by atoms with Gasteiger partial charge in [-0.15, -0.1) is 0 Å². The van der Waals surface area contributed by atoms with Crippen LogP contribution in [0.1, 0.15) is 39.1 Å². The Labute approximate surface area is 160 Å². The third-order valence-electron chi connectivity index (χ3n) is 4.25. The summed E-state index contributed by atoms with van der Waals surface area (Å²) in [6.07, 6.45) is 1.41. The summed E-state index contributed by atoms with van der Waals surface area (Å²) in [5, 5.41) is 24.7. The quantitative estimate of drug-likeness (QED) is 0.411. The molecule has 3 rings (SSSR count). The Hall–Kier alpha value is -2.90. The molecule has 140 valence electrons. The first-order chi connectivity index (χ1) is 13.0. The van der Waals surface area contributed by atoms with Crippen LogP contribution in [0, 0.1) is 0 Å². The van der Waals surface area contributed by atoms with Crippen molar-refractivity contribution in [3.8, 4) is 0 Å². The molecular weight excluding hydrogens is 372 g/mol. The molecule has 1 aliphatic heterocycles. The number of nitrogens with one attached hydrogen (secondary N) is 1. The van der Waals surface area contributed by atoms with Crippen LogP contribution in [0.3, 0.4) is 0 Å². The number of rotatable bonds is 5. The minimum atomic E-state index is -1.19. The molecule has 1 unspecified atom stereocenters. The van der Waals surface area contributed by atoms with Gasteiger partial charge in [0.05, 0.1) is 11.3 Å². The Morgan fingerprint density at radius 3 is 2.44 bits per heavy atom. The summed E-state index contributed by atoms with van der Waals surface area (Å²) in [5.41, 5.74) is 1.46. The van der Waals surface area contributed by atoms with Gasteiger partial charge < -0.3 is 20.4 Å². The molecule has 0 saturated carbocycles. The zero-order valence-electron chi connectivity index (χ0n) is 14.2. The number of amides is 1. The summed E-state index contributed by atoms with van der Waals surface area (Å²) in [7, 11) is 0. The van der Waals surface area contributed by atoms with Gasteiger partial charge in [0.2, 0.25) is 0 Å². The molecular formula is C19H17ClN2O5. The second-order valence-corrected chi connectivity index (χ2v) is 6.45. The largest absolute Gasteiger partial charge is 0.478 e. The molecule has 1 amide bonds. The van der Waals surface area contributed by atoms with Gasteiger partial charge in [-0.3, -0.25) is 4.79 Å². The number of carbonyl (C=O) groups excluding carboxylic acids is 1. The van der Waals surface area contributed by atoms with Crippen LogP contribution in [0.2, 0.25) is 5.02 Å². The van der Waals surface area contributed by atoms with Crippen LogP contribution in [0.5, 0.6) is 0 Å². The highest BCUT2D eigenvalue weighted by Crippen LogP contribution is 2.22. The standard InChI is InChI=1S/C19H17ClN2O5/c20-13-7-8-15(14(10-13)19(24)25)21-18(23)12-5-3-11(4-6-12)17(22-26)16-2-1-9-27-16/h3-8,10,16,26H,1-2,9H2,(H,21,23)(H,24,25). The van der Waals surface area contributed by atoms with E-state index in [0.717, 1.165) is 12.8 Å². The number of oxime groups is 1. The molecule has 1 aliphatic rings. The lowest BCUT2D eigenvalue weighted by atomic mass is 10.0. The third-order valence-corrected chi connectivity index (χ3v) is 4.48. The Kier molecular flexibility index (Phi) is 5.73. The number of hydrogen-bond donors (Lipinski definition) is 3. The van der Waals surface area contributed by atoms with Crippen LogP contribution < -0.4 is 5.32 Å². The summed E-state index contributed by atoms with van der Waals surface area (Å²) in [5.74, 6) is -1.66. The fraction of sp³-hybridized carbons (Fsp3) is 0.211. The first kappa shape index (κ1) is 18.9. The molecule has 1 saturated heterocycles. The number of hydrogen-bond acceptors (Lipinski definition) is 5. The lowest BCUT2D eigenvalue weighted by Gasteiger charge is -2.12. The van der Waals surface area contributed by atoms with Gasteiger partial charge in [0, 0.05) is 22.8 Å². The van der Waals surface area contributed by atoms with Crippen molar-refractivity contribution in [1.29, 1.82) is 0 Å². The Morgan fingerprint density at radius 1 is 1.15 bits per heavy atom. The topological polar surface area (TPSA) is 108 Å². The second-order valence-electron chi connectivity index (χ2n) is 6.01. The Morgan fingerprint density at radius 2 is 1.85 bits per heavy atom. The van der Waals surface area contributed by atoms with Crippen LogP contribution in [0.4, 0.5) is 5.69 Å². The third kappa shape index (κ3) is 4.27. The number of halogens is 1. The van der Waals surface area contributed by atoms with Crippen LogP contribution in [-0.2, 0) is 4.74 Å². The highest BCUT2D eigenvalue weighted by Gasteiger charge is 2.24. The van der Waals surface area contributed by atoms with Gasteiger partial charge in [-0.05, 0) is 43.2 Å². The summed E-state index contributed by atoms with van der Waals surface area (Å²) in [4.78, 5) is 23.8. The van der Waals surface area contributed by atoms with E-state index in [2.05, 4.69) is 10.5 Å². The maximum atomic E-state index is 12.4. The number of carbonyl (C=O) groups is 2. The average molecular weight is 389 g/mol. The van der Waals surface area contributed by atoms with Crippen LogP contribution in [-0.4, -0.2) is 40.6 Å². The number of nitrogens with zero attached hydrogens (tertiary/aromatic N) is 1. The van der Waals surface area contributed by atoms with Crippen molar-refractivity contribution < 1.29 is 24.6 Å². The van der Waals surface area contributed by atoms with Crippen molar-refractivity contribution in [2.45, 2.75) is 18.9 Å². The van der Waals surface area contributed by atoms with Crippen molar-refractivity contribution in [1.82, 2.24) is 0 Å². The summed E-state index contributed by atoms with van der Waals surface area (Å²) in [6.45, 7) is 0.622. The number of carboxylic acid groups (broad SMARTS) is 1. The molecule has 0 aliphatic carbocycles. The molecule has 0 bridgehead atoms. The molecule has 0 radical (unpaired) electrons. The molecule has 0 spiro atoms. The maximum absolute atomic E-state index is 12.4. The predicted molar refractivity (Wildman–Crippen MR) is 100 cm³/mol. The maximum Gasteiger partial charge on any atom is 0.337 e. The zero-order chi connectivity index (χ0) is 19.4. The lowest BCUT2D eigenvalue weighted by molar-refractivity contribution is 0.0698. The molecule has 7 nitrogen and oxygen atoms in total. The van der Waals surface area contributed by atoms with Gasteiger partial charge in [0.1, 0.15) is 11.8 Å². The highest BCUT2D eigenvalue weighted by atomic mass is 35.5. The van der Waals surface area contributed by atoms with E-state index < -0.39 is 11.9 Å². The van der Waals surface area contributed by atoms with Crippen LogP contribution >= 0.6 is 11.6 Å². The van der Waals surface area contributed by atoms with Crippen molar-refractivity contribution in [3.63, 3.8) is 0 Å². The van der Waals surface area contributed by atoms with Crippen LogP contribution in [0.25, 0.3) is 0 Å². The Bertz CT molecular complexity index is 889. The van der Waals surface area contributed by atoms with Crippen molar-refractivity contribution in [2.75, 3.05) is 11.9 Å². The number of anilines is 1. The number of benzene rings is 2. The fourth-order valence-corrected chi connectivity index (χ4v) is 3.06. The van der Waals surface area contributed by atoms with Gasteiger partial charge in [0.25, 0.3) is 5.91 Å². The van der Waals surface area contributed by atoms with Gasteiger partial charge in [0.15, 0.2) is 0 Å². The van der Waals surface area contributed by atoms with E-state index in [1.807, 2.05) is 0 Å². The van der Waals surface area contributed by atoms with E-state index in [-0.39, 0.29) is 22.4 Å². The van der Waals surface area contributed by atoms with Crippen molar-refractivity contribution in [2.24, 2.45) is 5.16 Å². The summed E-state index contributed by atoms with van der Waals surface area (Å²) < 4.78 is 5.53. The first-order valence-electron chi connectivity index (χ1n) is 8.28. The van der Waals surface area contributed by atoms with E-state index in [0.29, 0.717) is 23.4 Å². The fourth-order valence-electron chi connectivity index (χ4n) is 2.89. The molecule has 3 N–H and O–H groups in total. The summed E-state index contributed by atoms with van der Waals surface area (Å²) in [6, 6.07) is 10.7. The Balaban J connectivity index is 1.77. The smallest absolute Gasteiger partial charge is 0.337 e.